The Bertz CT molecular complexity index is 3560. The van der Waals surface area contributed by atoms with Gasteiger partial charge in [-0.3, -0.25) is 0 Å². The fourth-order valence-electron chi connectivity index (χ4n) is 9.04. The van der Waals surface area contributed by atoms with Crippen LogP contribution in [0.15, 0.2) is 170 Å². The highest BCUT2D eigenvalue weighted by atomic mass is 15.0. The average Bonchev–Trinajstić information content (AvgIpc) is 3.92. The molecule has 0 amide bonds. The van der Waals surface area contributed by atoms with Crippen LogP contribution in [0, 0.1) is 34.0 Å². The number of para-hydroxylation sites is 5. The van der Waals surface area contributed by atoms with Crippen LogP contribution in [0.2, 0.25) is 0 Å². The van der Waals surface area contributed by atoms with E-state index in [4.69, 9.17) is 0 Å². The molecule has 11 rings (SSSR count). The maximum absolute atomic E-state index is 10.7. The Kier molecular flexibility index (Phi) is 6.95. The van der Waals surface area contributed by atoms with E-state index in [1.165, 1.54) is 10.8 Å². The molecule has 6 heteroatoms. The third-order valence-corrected chi connectivity index (χ3v) is 11.4. The molecule has 8 aromatic carbocycles. The summed E-state index contributed by atoms with van der Waals surface area (Å²) in [6.07, 6.45) is 0. The first-order chi connectivity index (χ1) is 28.2. The van der Waals surface area contributed by atoms with E-state index >= 15 is 0 Å². The Balaban J connectivity index is 1.13. The van der Waals surface area contributed by atoms with E-state index in [9.17, 15) is 15.8 Å². The molecule has 0 aliphatic rings. The summed E-state index contributed by atoms with van der Waals surface area (Å²) in [4.78, 5) is 0. The van der Waals surface area contributed by atoms with Crippen molar-refractivity contribution in [3.05, 3.63) is 187 Å². The SMILES string of the molecule is N#Cc1cc(-n2c3ccccc3c3c2ccc2c4ccccc4n(-c4ccccc4)c23)ccc1-c1ccc(-n2c3ccccc3c3ccccc32)c(C#N)c1C#N. The number of hydrogen-bond donors (Lipinski definition) is 0. The molecule has 262 valence electrons. The zero-order valence-electron chi connectivity index (χ0n) is 30.3. The van der Waals surface area contributed by atoms with Gasteiger partial charge in [0, 0.05) is 54.8 Å². The highest BCUT2D eigenvalue weighted by Gasteiger charge is 2.24. The van der Waals surface area contributed by atoms with Crippen LogP contribution < -0.4 is 0 Å². The molecular weight excluding hydrogens is 697 g/mol. The summed E-state index contributed by atoms with van der Waals surface area (Å²) in [5.41, 5.74) is 10.7. The third kappa shape index (κ3) is 4.49. The van der Waals surface area contributed by atoms with Gasteiger partial charge in [0.15, 0.2) is 0 Å². The lowest BCUT2D eigenvalue weighted by atomic mass is 9.92. The topological polar surface area (TPSA) is 86.2 Å². The van der Waals surface area contributed by atoms with Crippen LogP contribution in [-0.2, 0) is 0 Å². The first-order valence-corrected chi connectivity index (χ1v) is 18.7. The Morgan fingerprint density at radius 3 is 1.53 bits per heavy atom. The summed E-state index contributed by atoms with van der Waals surface area (Å²) in [6.45, 7) is 0. The molecule has 0 saturated heterocycles. The second kappa shape index (κ2) is 12.3. The highest BCUT2D eigenvalue weighted by Crippen LogP contribution is 2.43. The largest absolute Gasteiger partial charge is 0.309 e. The van der Waals surface area contributed by atoms with Gasteiger partial charge in [0.1, 0.15) is 12.1 Å². The summed E-state index contributed by atoms with van der Waals surface area (Å²) >= 11 is 0. The van der Waals surface area contributed by atoms with E-state index in [0.717, 1.165) is 66.0 Å². The number of aromatic nitrogens is 3. The van der Waals surface area contributed by atoms with Gasteiger partial charge in [-0.2, -0.15) is 15.8 Å². The summed E-state index contributed by atoms with van der Waals surface area (Å²) < 4.78 is 6.63. The van der Waals surface area contributed by atoms with Crippen molar-refractivity contribution in [2.45, 2.75) is 0 Å². The van der Waals surface area contributed by atoms with Crippen molar-refractivity contribution in [3.63, 3.8) is 0 Å². The predicted molar refractivity (Wildman–Crippen MR) is 229 cm³/mol. The van der Waals surface area contributed by atoms with E-state index in [1.54, 1.807) is 0 Å². The minimum absolute atomic E-state index is 0.231. The van der Waals surface area contributed by atoms with Crippen LogP contribution in [0.25, 0.3) is 93.6 Å². The highest BCUT2D eigenvalue weighted by molar-refractivity contribution is 6.26. The van der Waals surface area contributed by atoms with Gasteiger partial charge in [0.2, 0.25) is 0 Å². The van der Waals surface area contributed by atoms with Gasteiger partial charge in [0.25, 0.3) is 0 Å². The van der Waals surface area contributed by atoms with E-state index in [0.29, 0.717) is 22.4 Å². The lowest BCUT2D eigenvalue weighted by molar-refractivity contribution is 1.16. The number of fused-ring (bicyclic) bond motifs is 10. The Morgan fingerprint density at radius 1 is 0.351 bits per heavy atom. The van der Waals surface area contributed by atoms with Gasteiger partial charge in [-0.15, -0.1) is 0 Å². The molecule has 0 fully saturated rings. The zero-order valence-corrected chi connectivity index (χ0v) is 30.3. The van der Waals surface area contributed by atoms with Gasteiger partial charge in [0.05, 0.1) is 61.5 Å². The fraction of sp³-hybridized carbons (Fsp3) is 0. The smallest absolute Gasteiger partial charge is 0.103 e. The van der Waals surface area contributed by atoms with E-state index in [1.807, 2.05) is 78.9 Å². The molecule has 3 heterocycles. The van der Waals surface area contributed by atoms with Crippen LogP contribution >= 0.6 is 0 Å². The van der Waals surface area contributed by atoms with E-state index < -0.39 is 0 Å². The molecule has 11 aromatic rings. The van der Waals surface area contributed by atoms with Crippen LogP contribution in [0.3, 0.4) is 0 Å². The number of nitrogens with zero attached hydrogens (tertiary/aromatic N) is 6. The van der Waals surface area contributed by atoms with Gasteiger partial charge in [-0.1, -0.05) is 109 Å². The second-order valence-corrected chi connectivity index (χ2v) is 14.2. The molecule has 6 nitrogen and oxygen atoms in total. The quantitative estimate of drug-likeness (QED) is 0.181. The lowest BCUT2D eigenvalue weighted by Gasteiger charge is -2.16. The number of nitriles is 3. The normalized spacial score (nSPS) is 11.5. The van der Waals surface area contributed by atoms with Gasteiger partial charge < -0.3 is 13.7 Å². The van der Waals surface area contributed by atoms with Crippen molar-refractivity contribution in [1.29, 1.82) is 15.8 Å². The molecule has 0 aliphatic carbocycles. The summed E-state index contributed by atoms with van der Waals surface area (Å²) in [6, 6.07) is 64.7. The predicted octanol–water partition coefficient (Wildman–Crippen LogP) is 12.3. The number of hydrogen-bond acceptors (Lipinski definition) is 3. The van der Waals surface area contributed by atoms with Gasteiger partial charge >= 0.3 is 0 Å². The van der Waals surface area contributed by atoms with Crippen LogP contribution in [-0.4, -0.2) is 13.7 Å². The fourth-order valence-corrected chi connectivity index (χ4v) is 9.04. The minimum atomic E-state index is 0.231. The number of rotatable bonds is 4. The van der Waals surface area contributed by atoms with Crippen LogP contribution in [0.4, 0.5) is 0 Å². The standard InChI is InChI=1S/C51H28N6/c52-29-32-28-34(22-23-35(32)36-24-26-48(43(31-54)42(36)30-53)57-45-19-9-4-14-37(45)38-15-5-10-20-46(38)57)55-47-21-11-7-17-41(47)50-49(55)27-25-40-39-16-6-8-18-44(39)56(51(40)50)33-12-2-1-3-13-33/h1-28H. The van der Waals surface area contributed by atoms with Crippen molar-refractivity contribution < 1.29 is 0 Å². The van der Waals surface area contributed by atoms with Crippen LogP contribution in [0.1, 0.15) is 16.7 Å². The Hall–Kier alpha value is -8.37. The monoisotopic (exact) mass is 724 g/mol. The Labute approximate surface area is 326 Å². The molecule has 57 heavy (non-hydrogen) atoms. The molecule has 0 bridgehead atoms. The van der Waals surface area contributed by atoms with Crippen molar-refractivity contribution >= 4 is 65.4 Å². The first-order valence-electron chi connectivity index (χ1n) is 18.7. The van der Waals surface area contributed by atoms with E-state index in [2.05, 4.69) is 123 Å². The van der Waals surface area contributed by atoms with Crippen molar-refractivity contribution in [3.8, 4) is 46.4 Å². The molecule has 0 spiro atoms. The number of benzene rings is 8. The summed E-state index contributed by atoms with van der Waals surface area (Å²) in [7, 11) is 0. The zero-order chi connectivity index (χ0) is 38.2. The van der Waals surface area contributed by atoms with Crippen molar-refractivity contribution in [1.82, 2.24) is 13.7 Å². The molecule has 0 N–H and O–H groups in total. The molecule has 0 atom stereocenters. The average molecular weight is 725 g/mol. The van der Waals surface area contributed by atoms with Gasteiger partial charge in [-0.25, -0.2) is 0 Å². The molecule has 3 aromatic heterocycles. The summed E-state index contributed by atoms with van der Waals surface area (Å²) in [5, 5.41) is 38.8. The molecular formula is C51H28N6. The maximum atomic E-state index is 10.7. The molecule has 0 saturated carbocycles. The van der Waals surface area contributed by atoms with Crippen LogP contribution in [0.5, 0.6) is 0 Å². The van der Waals surface area contributed by atoms with E-state index in [-0.39, 0.29) is 11.1 Å². The van der Waals surface area contributed by atoms with Crippen molar-refractivity contribution in [2.24, 2.45) is 0 Å². The second-order valence-electron chi connectivity index (χ2n) is 14.2. The molecule has 0 aliphatic heterocycles. The molecule has 0 radical (unpaired) electrons. The molecule has 0 unspecified atom stereocenters. The lowest BCUT2D eigenvalue weighted by Crippen LogP contribution is -2.02. The minimum Gasteiger partial charge on any atom is -0.309 e. The van der Waals surface area contributed by atoms with Crippen molar-refractivity contribution in [2.75, 3.05) is 0 Å². The summed E-state index contributed by atoms with van der Waals surface area (Å²) in [5.74, 6) is 0. The maximum Gasteiger partial charge on any atom is 0.103 e. The first kappa shape index (κ1) is 32.1. The Morgan fingerprint density at radius 2 is 0.895 bits per heavy atom. The third-order valence-electron chi connectivity index (χ3n) is 11.4. The van der Waals surface area contributed by atoms with Gasteiger partial charge in [-0.05, 0) is 60.7 Å².